The summed E-state index contributed by atoms with van der Waals surface area (Å²) < 4.78 is 7.22. The van der Waals surface area contributed by atoms with E-state index in [1.807, 2.05) is 60.7 Å². The van der Waals surface area contributed by atoms with Crippen molar-refractivity contribution < 1.29 is 14.0 Å². The Hall–Kier alpha value is -3.13. The summed E-state index contributed by atoms with van der Waals surface area (Å²) >= 11 is 14.0. The number of carbonyl (C=O) groups is 2. The topological polar surface area (TPSA) is 105 Å². The van der Waals surface area contributed by atoms with Crippen molar-refractivity contribution in [2.24, 2.45) is 5.73 Å². The molecule has 1 fully saturated rings. The predicted molar refractivity (Wildman–Crippen MR) is 160 cm³/mol. The third-order valence-electron chi connectivity index (χ3n) is 6.69. The zero-order chi connectivity index (χ0) is 28.2. The minimum absolute atomic E-state index is 0.0266. The first-order valence-corrected chi connectivity index (χ1v) is 14.7. The van der Waals surface area contributed by atoms with Gasteiger partial charge in [-0.15, -0.1) is 0 Å². The molecular formula is C29H28AsCl2N5O3. The van der Waals surface area contributed by atoms with Crippen molar-refractivity contribution in [1.29, 1.82) is 0 Å². The first-order valence-electron chi connectivity index (χ1n) is 12.7. The molecule has 2 unspecified atom stereocenters. The third kappa shape index (κ3) is 6.60. The van der Waals surface area contributed by atoms with Gasteiger partial charge in [0, 0.05) is 11.1 Å². The molecule has 3 aromatic carbocycles. The molecule has 0 spiro atoms. The normalized spacial score (nSPS) is 16.1. The van der Waals surface area contributed by atoms with E-state index in [1.165, 1.54) is 16.9 Å². The molecule has 2 amide bonds. The van der Waals surface area contributed by atoms with E-state index in [-0.39, 0.29) is 12.5 Å². The minimum atomic E-state index is -0.664. The fourth-order valence-corrected chi connectivity index (χ4v) is 6.50. The fourth-order valence-electron chi connectivity index (χ4n) is 4.76. The molecule has 11 heteroatoms. The number of piperazine rings is 1. The number of rotatable bonds is 8. The molecule has 1 aliphatic rings. The van der Waals surface area contributed by atoms with Crippen LogP contribution in [0.5, 0.6) is 0 Å². The SMILES string of the molecule is NC(=O)C1CN(Cc2nc(-c3ccccc3)c(-c3ccccc3)o2)CCN1CC(=O)Nc1c(Cl)cc([AsH2])cc1Cl. The van der Waals surface area contributed by atoms with Crippen LogP contribution in [0.2, 0.25) is 10.0 Å². The van der Waals surface area contributed by atoms with Crippen LogP contribution in [-0.4, -0.2) is 75.7 Å². The molecule has 3 N–H and O–H groups in total. The zero-order valence-corrected chi connectivity index (χ0v) is 25.5. The summed E-state index contributed by atoms with van der Waals surface area (Å²) in [5.74, 6) is 0.397. The molecule has 0 bridgehead atoms. The summed E-state index contributed by atoms with van der Waals surface area (Å²) in [6, 6.07) is 22.6. The van der Waals surface area contributed by atoms with Crippen molar-refractivity contribution in [3.05, 3.63) is 88.7 Å². The van der Waals surface area contributed by atoms with E-state index < -0.39 is 11.9 Å². The van der Waals surface area contributed by atoms with E-state index in [2.05, 4.69) is 10.2 Å². The molecule has 0 aliphatic carbocycles. The van der Waals surface area contributed by atoms with E-state index in [4.69, 9.17) is 38.3 Å². The summed E-state index contributed by atoms with van der Waals surface area (Å²) in [7, 11) is 0. The van der Waals surface area contributed by atoms with Crippen LogP contribution in [0.1, 0.15) is 5.89 Å². The van der Waals surface area contributed by atoms with Crippen molar-refractivity contribution in [2.75, 3.05) is 31.5 Å². The quantitative estimate of drug-likeness (QED) is 0.287. The second-order valence-corrected chi connectivity index (χ2v) is 11.8. The van der Waals surface area contributed by atoms with Gasteiger partial charge in [-0.25, -0.2) is 4.98 Å². The number of nitrogens with one attached hydrogen (secondary N) is 1. The average Bonchev–Trinajstić information content (AvgIpc) is 3.36. The number of nitrogens with zero attached hydrogens (tertiary/aromatic N) is 3. The number of amides is 2. The number of halogens is 2. The van der Waals surface area contributed by atoms with Crippen molar-refractivity contribution in [2.45, 2.75) is 12.6 Å². The maximum absolute atomic E-state index is 12.9. The molecule has 4 aromatic rings. The summed E-state index contributed by atoms with van der Waals surface area (Å²) in [6.45, 7) is 1.75. The predicted octanol–water partition coefficient (Wildman–Crippen LogP) is 3.18. The van der Waals surface area contributed by atoms with Crippen LogP contribution in [-0.2, 0) is 16.1 Å². The van der Waals surface area contributed by atoms with Gasteiger partial charge >= 0.3 is 153 Å². The first kappa shape index (κ1) is 28.4. The molecular weight excluding hydrogens is 612 g/mol. The van der Waals surface area contributed by atoms with Crippen molar-refractivity contribution >= 4 is 61.9 Å². The van der Waals surface area contributed by atoms with Crippen LogP contribution < -0.4 is 15.4 Å². The molecule has 1 saturated heterocycles. The number of benzene rings is 3. The molecule has 1 aromatic heterocycles. The summed E-state index contributed by atoms with van der Waals surface area (Å²) in [6.07, 6.45) is 0. The Morgan fingerprint density at radius 2 is 1.62 bits per heavy atom. The number of oxazole rings is 1. The van der Waals surface area contributed by atoms with Gasteiger partial charge in [0.25, 0.3) is 0 Å². The van der Waals surface area contributed by atoms with Gasteiger partial charge in [-0.3, -0.25) is 0 Å². The maximum atomic E-state index is 12.9. The number of aromatic nitrogens is 1. The molecule has 0 saturated carbocycles. The van der Waals surface area contributed by atoms with E-state index in [0.717, 1.165) is 21.2 Å². The number of hydrogen-bond donors (Lipinski definition) is 2. The Labute approximate surface area is 250 Å². The van der Waals surface area contributed by atoms with Crippen molar-refractivity contribution in [1.82, 2.24) is 14.8 Å². The van der Waals surface area contributed by atoms with Gasteiger partial charge in [0.05, 0.1) is 0 Å². The second-order valence-electron chi connectivity index (χ2n) is 9.55. The van der Waals surface area contributed by atoms with Crippen LogP contribution in [0.4, 0.5) is 5.69 Å². The van der Waals surface area contributed by atoms with E-state index in [0.29, 0.717) is 53.6 Å². The Kier molecular flexibility index (Phi) is 8.93. The molecule has 206 valence electrons. The van der Waals surface area contributed by atoms with Gasteiger partial charge in [-0.05, 0) is 0 Å². The number of anilines is 1. The number of carbonyl (C=O) groups excluding carboxylic acids is 2. The van der Waals surface area contributed by atoms with Gasteiger partial charge in [0.2, 0.25) is 5.89 Å². The first-order chi connectivity index (χ1) is 19.3. The third-order valence-corrected chi connectivity index (χ3v) is 7.99. The van der Waals surface area contributed by atoms with Crippen LogP contribution in [0.25, 0.3) is 22.6 Å². The molecule has 2 heterocycles. The van der Waals surface area contributed by atoms with Crippen molar-refractivity contribution in [3.8, 4) is 22.6 Å². The Bertz CT molecular complexity index is 1440. The molecule has 1 aliphatic heterocycles. The molecule has 40 heavy (non-hydrogen) atoms. The number of primary amides is 1. The zero-order valence-electron chi connectivity index (χ0n) is 21.5. The second kappa shape index (κ2) is 12.6. The van der Waals surface area contributed by atoms with E-state index >= 15 is 0 Å². The summed E-state index contributed by atoms with van der Waals surface area (Å²) in [5, 5.41) is 3.51. The monoisotopic (exact) mass is 639 g/mol. The molecule has 8 nitrogen and oxygen atoms in total. The van der Waals surface area contributed by atoms with Crippen LogP contribution >= 0.6 is 23.2 Å². The Morgan fingerprint density at radius 1 is 1.00 bits per heavy atom. The average molecular weight is 640 g/mol. The van der Waals surface area contributed by atoms with Crippen molar-refractivity contribution in [3.63, 3.8) is 0 Å². The van der Waals surface area contributed by atoms with E-state index in [9.17, 15) is 9.59 Å². The van der Waals surface area contributed by atoms with Gasteiger partial charge in [-0.2, -0.15) is 0 Å². The Morgan fingerprint density at radius 3 is 2.25 bits per heavy atom. The molecule has 2 atom stereocenters. The van der Waals surface area contributed by atoms with Crippen LogP contribution in [0, 0.1) is 0 Å². The molecule has 5 rings (SSSR count). The standard InChI is InChI=1S/C29H28AsCl2N5O3/c30-20-13-21(31)27(22(32)14-20)34-24(38)16-37-12-11-36(15-23(37)29(33)39)17-25-35-26(18-7-3-1-4-8-18)28(40-25)19-9-5-2-6-10-19/h1-10,13-14,23H,11-12,15-17,30H2,(H2,33,39)(H,34,38). The van der Waals surface area contributed by atoms with Gasteiger partial charge in [0.1, 0.15) is 5.69 Å². The van der Waals surface area contributed by atoms with Gasteiger partial charge < -0.3 is 4.42 Å². The van der Waals surface area contributed by atoms with Gasteiger partial charge in [-0.1, -0.05) is 60.7 Å². The van der Waals surface area contributed by atoms with Crippen LogP contribution in [0.15, 0.2) is 77.2 Å². The Balaban J connectivity index is 1.29. The molecule has 0 radical (unpaired) electrons. The number of hydrogen-bond acceptors (Lipinski definition) is 6. The van der Waals surface area contributed by atoms with Gasteiger partial charge in [0.15, 0.2) is 5.76 Å². The number of nitrogens with two attached hydrogens (primary N) is 1. The summed E-state index contributed by atoms with van der Waals surface area (Å²) in [5.41, 5.74) is 8.77. The van der Waals surface area contributed by atoms with E-state index in [1.54, 1.807) is 17.0 Å². The summed E-state index contributed by atoms with van der Waals surface area (Å²) in [4.78, 5) is 33.9. The fraction of sp³-hybridized carbons (Fsp3) is 0.207. The van der Waals surface area contributed by atoms with Crippen LogP contribution in [0.3, 0.4) is 0 Å².